The van der Waals surface area contributed by atoms with Crippen molar-refractivity contribution in [2.45, 2.75) is 89.6 Å². The molecule has 0 atom stereocenters. The monoisotopic (exact) mass is 336 g/mol. The van der Waals surface area contributed by atoms with Crippen LogP contribution in [-0.4, -0.2) is 13.1 Å². The zero-order valence-corrected chi connectivity index (χ0v) is 17.8. The Labute approximate surface area is 142 Å². The molecule has 1 heterocycles. The number of rotatable bonds is 2. The second-order valence-electron chi connectivity index (χ2n) is 8.91. The van der Waals surface area contributed by atoms with Crippen molar-refractivity contribution < 1.29 is 4.43 Å². The van der Waals surface area contributed by atoms with Gasteiger partial charge in [0.2, 0.25) is 0 Å². The maximum Gasteiger partial charge on any atom is 0.250 e. The quantitative estimate of drug-likeness (QED) is 0.576. The van der Waals surface area contributed by atoms with Gasteiger partial charge in [-0.2, -0.15) is 0 Å². The first kappa shape index (κ1) is 17.9. The van der Waals surface area contributed by atoms with Gasteiger partial charge in [-0.25, -0.2) is 0 Å². The lowest BCUT2D eigenvalue weighted by Crippen LogP contribution is -2.44. The minimum atomic E-state index is -1.81. The SMILES string of the molecule is Cc1c(C)c2c(c(C)c1O[Si](C)(C)C(C)(C)C)CC(C)(C)S2. The van der Waals surface area contributed by atoms with Crippen LogP contribution in [0.25, 0.3) is 0 Å². The molecule has 1 aliphatic heterocycles. The first-order chi connectivity index (χ1) is 9.77. The first-order valence-electron chi connectivity index (χ1n) is 8.27. The van der Waals surface area contributed by atoms with Gasteiger partial charge in [0, 0.05) is 9.64 Å². The van der Waals surface area contributed by atoms with Crippen LogP contribution in [0.1, 0.15) is 56.9 Å². The van der Waals surface area contributed by atoms with Crippen molar-refractivity contribution >= 4 is 20.1 Å². The molecule has 0 unspecified atom stereocenters. The van der Waals surface area contributed by atoms with Crippen LogP contribution in [0.15, 0.2) is 4.90 Å². The largest absolute Gasteiger partial charge is 0.543 e. The highest BCUT2D eigenvalue weighted by atomic mass is 32.2. The van der Waals surface area contributed by atoms with E-state index >= 15 is 0 Å². The molecule has 0 radical (unpaired) electrons. The van der Waals surface area contributed by atoms with E-state index in [1.54, 1.807) is 0 Å². The van der Waals surface area contributed by atoms with Gasteiger partial charge in [-0.05, 0) is 67.6 Å². The maximum absolute atomic E-state index is 6.73. The number of benzene rings is 1. The summed E-state index contributed by atoms with van der Waals surface area (Å²) in [5.74, 6) is 1.17. The zero-order chi connectivity index (χ0) is 17.1. The lowest BCUT2D eigenvalue weighted by atomic mass is 9.93. The normalized spacial score (nSPS) is 17.5. The molecule has 0 spiro atoms. The lowest BCUT2D eigenvalue weighted by molar-refractivity contribution is 0.484. The van der Waals surface area contributed by atoms with Crippen LogP contribution in [0.5, 0.6) is 5.75 Å². The number of fused-ring (bicyclic) bond motifs is 1. The Hall–Kier alpha value is -0.413. The van der Waals surface area contributed by atoms with Gasteiger partial charge in [-0.1, -0.05) is 34.6 Å². The fourth-order valence-corrected chi connectivity index (χ4v) is 5.35. The van der Waals surface area contributed by atoms with Gasteiger partial charge < -0.3 is 4.43 Å². The van der Waals surface area contributed by atoms with Gasteiger partial charge in [-0.15, -0.1) is 11.8 Å². The van der Waals surface area contributed by atoms with E-state index in [0.717, 1.165) is 6.42 Å². The Balaban J connectivity index is 2.55. The fraction of sp³-hybridized carbons (Fsp3) is 0.684. The van der Waals surface area contributed by atoms with Gasteiger partial charge in [0.1, 0.15) is 5.75 Å². The van der Waals surface area contributed by atoms with Crippen molar-refractivity contribution in [3.8, 4) is 5.75 Å². The molecular weight excluding hydrogens is 304 g/mol. The molecule has 0 saturated heterocycles. The molecule has 0 aliphatic carbocycles. The van der Waals surface area contributed by atoms with Crippen LogP contribution in [0.4, 0.5) is 0 Å². The van der Waals surface area contributed by atoms with Gasteiger partial charge in [-0.3, -0.25) is 0 Å². The lowest BCUT2D eigenvalue weighted by Gasteiger charge is -2.38. The second-order valence-corrected chi connectivity index (χ2v) is 15.4. The minimum Gasteiger partial charge on any atom is -0.543 e. The molecule has 0 aromatic heterocycles. The van der Waals surface area contributed by atoms with Crippen molar-refractivity contribution in [3.05, 3.63) is 22.3 Å². The standard InChI is InChI=1S/C19H32OSSi/c1-12-13(2)17-15(11-19(7,8)21-17)14(3)16(12)20-22(9,10)18(4,5)6/h11H2,1-10H3. The molecule has 1 aromatic rings. The molecule has 2 rings (SSSR count). The molecule has 0 saturated carbocycles. The molecule has 0 N–H and O–H groups in total. The summed E-state index contributed by atoms with van der Waals surface area (Å²) in [6, 6.07) is 0. The van der Waals surface area contributed by atoms with Gasteiger partial charge in [0.25, 0.3) is 8.32 Å². The zero-order valence-electron chi connectivity index (χ0n) is 16.0. The van der Waals surface area contributed by atoms with E-state index in [0.29, 0.717) is 4.75 Å². The van der Waals surface area contributed by atoms with Crippen LogP contribution in [0.3, 0.4) is 0 Å². The first-order valence-corrected chi connectivity index (χ1v) is 12.0. The Kier molecular flexibility index (Phi) is 4.32. The molecule has 0 amide bonds. The summed E-state index contributed by atoms with van der Waals surface area (Å²) in [5.41, 5.74) is 5.66. The van der Waals surface area contributed by atoms with E-state index < -0.39 is 8.32 Å². The van der Waals surface area contributed by atoms with E-state index in [2.05, 4.69) is 68.5 Å². The average Bonchev–Trinajstić information content (AvgIpc) is 2.67. The molecule has 0 bridgehead atoms. The van der Waals surface area contributed by atoms with E-state index in [-0.39, 0.29) is 5.04 Å². The molecule has 3 heteroatoms. The van der Waals surface area contributed by atoms with E-state index in [9.17, 15) is 0 Å². The van der Waals surface area contributed by atoms with E-state index in [4.69, 9.17) is 4.43 Å². The van der Waals surface area contributed by atoms with Gasteiger partial charge >= 0.3 is 0 Å². The van der Waals surface area contributed by atoms with Crippen LogP contribution in [-0.2, 0) is 6.42 Å². The molecule has 124 valence electrons. The Morgan fingerprint density at radius 1 is 1.00 bits per heavy atom. The average molecular weight is 337 g/mol. The summed E-state index contributed by atoms with van der Waals surface area (Å²) in [7, 11) is -1.81. The molecule has 1 aliphatic rings. The molecule has 1 aromatic carbocycles. The Bertz CT molecular complexity index is 609. The summed E-state index contributed by atoms with van der Waals surface area (Å²) in [6.45, 7) is 23.1. The maximum atomic E-state index is 6.73. The van der Waals surface area contributed by atoms with Crippen LogP contribution in [0, 0.1) is 20.8 Å². The summed E-state index contributed by atoms with van der Waals surface area (Å²) in [5, 5.41) is 0.229. The predicted molar refractivity (Wildman–Crippen MR) is 102 cm³/mol. The van der Waals surface area contributed by atoms with Crippen molar-refractivity contribution in [1.82, 2.24) is 0 Å². The molecular formula is C19H32OSSi. The number of hydrogen-bond donors (Lipinski definition) is 0. The summed E-state index contributed by atoms with van der Waals surface area (Å²) < 4.78 is 7.04. The highest BCUT2D eigenvalue weighted by molar-refractivity contribution is 8.01. The van der Waals surface area contributed by atoms with Crippen molar-refractivity contribution in [3.63, 3.8) is 0 Å². The second kappa shape index (κ2) is 5.30. The van der Waals surface area contributed by atoms with Crippen molar-refractivity contribution in [2.24, 2.45) is 0 Å². The van der Waals surface area contributed by atoms with Crippen LogP contribution in [0.2, 0.25) is 18.1 Å². The summed E-state index contributed by atoms with van der Waals surface area (Å²) in [6.07, 6.45) is 1.15. The topological polar surface area (TPSA) is 9.23 Å². The third-order valence-electron chi connectivity index (χ3n) is 5.46. The molecule has 0 fully saturated rings. The Morgan fingerprint density at radius 3 is 2.05 bits per heavy atom. The molecule has 1 nitrogen and oxygen atoms in total. The third-order valence-corrected chi connectivity index (χ3v) is 11.2. The number of thioether (sulfide) groups is 1. The third kappa shape index (κ3) is 2.99. The molecule has 22 heavy (non-hydrogen) atoms. The fourth-order valence-electron chi connectivity index (χ4n) is 2.81. The van der Waals surface area contributed by atoms with Crippen molar-refractivity contribution in [2.75, 3.05) is 0 Å². The van der Waals surface area contributed by atoms with E-state index in [1.807, 2.05) is 11.8 Å². The van der Waals surface area contributed by atoms with Gasteiger partial charge in [0.15, 0.2) is 0 Å². The smallest absolute Gasteiger partial charge is 0.250 e. The van der Waals surface area contributed by atoms with Gasteiger partial charge in [0.05, 0.1) is 0 Å². The van der Waals surface area contributed by atoms with E-state index in [1.165, 1.54) is 32.9 Å². The summed E-state index contributed by atoms with van der Waals surface area (Å²) in [4.78, 5) is 1.50. The number of hydrogen-bond acceptors (Lipinski definition) is 2. The summed E-state index contributed by atoms with van der Waals surface area (Å²) >= 11 is 2.04. The van der Waals surface area contributed by atoms with Crippen LogP contribution >= 0.6 is 11.8 Å². The van der Waals surface area contributed by atoms with Crippen molar-refractivity contribution in [1.29, 1.82) is 0 Å². The highest BCUT2D eigenvalue weighted by Crippen LogP contribution is 2.51. The Morgan fingerprint density at radius 2 is 1.55 bits per heavy atom. The predicted octanol–water partition coefficient (Wildman–Crippen LogP) is 6.42. The minimum absolute atomic E-state index is 0.229. The highest BCUT2D eigenvalue weighted by Gasteiger charge is 2.41. The van der Waals surface area contributed by atoms with Crippen LogP contribution < -0.4 is 4.43 Å².